The predicted octanol–water partition coefficient (Wildman–Crippen LogP) is 1.05. The van der Waals surface area contributed by atoms with Crippen LogP contribution in [0.1, 0.15) is 16.7 Å². The number of aryl methyl sites for hydroxylation is 2. The van der Waals surface area contributed by atoms with Crippen LogP contribution in [0.2, 0.25) is 0 Å². The van der Waals surface area contributed by atoms with Gasteiger partial charge in [0, 0.05) is 6.42 Å². The molecule has 16 heavy (non-hydrogen) atoms. The molecule has 88 valence electrons. The number of carbonyl (C=O) groups excluding carboxylic acids is 1. The highest BCUT2D eigenvalue weighted by molar-refractivity contribution is 5.75. The van der Waals surface area contributed by atoms with Crippen LogP contribution in [0.15, 0.2) is 12.1 Å². The third-order valence-electron chi connectivity index (χ3n) is 2.64. The van der Waals surface area contributed by atoms with Crippen molar-refractivity contribution in [3.05, 3.63) is 28.8 Å². The van der Waals surface area contributed by atoms with Crippen LogP contribution < -0.4 is 5.73 Å². The summed E-state index contributed by atoms with van der Waals surface area (Å²) in [5.74, 6) is -0.305. The number of phenolic OH excluding ortho intramolecular Hbond substituents is 1. The molecule has 0 bridgehead atoms. The average molecular weight is 223 g/mol. The van der Waals surface area contributed by atoms with Crippen LogP contribution >= 0.6 is 0 Å². The zero-order valence-electron chi connectivity index (χ0n) is 9.78. The number of phenols is 1. The van der Waals surface area contributed by atoms with Crippen molar-refractivity contribution >= 4 is 5.97 Å². The first kappa shape index (κ1) is 12.5. The maximum atomic E-state index is 11.2. The smallest absolute Gasteiger partial charge is 0.322 e. The van der Waals surface area contributed by atoms with E-state index in [1.165, 1.54) is 7.11 Å². The molecule has 0 aliphatic carbocycles. The summed E-state index contributed by atoms with van der Waals surface area (Å²) in [6.45, 7) is 3.86. The van der Waals surface area contributed by atoms with Crippen molar-refractivity contribution in [2.24, 2.45) is 5.73 Å². The highest BCUT2D eigenvalue weighted by atomic mass is 16.5. The van der Waals surface area contributed by atoms with Crippen LogP contribution in [-0.4, -0.2) is 24.2 Å². The van der Waals surface area contributed by atoms with Crippen LogP contribution in [0, 0.1) is 13.8 Å². The first-order chi connectivity index (χ1) is 7.45. The second kappa shape index (κ2) is 4.99. The lowest BCUT2D eigenvalue weighted by atomic mass is 10.00. The van der Waals surface area contributed by atoms with Crippen LogP contribution in [0.3, 0.4) is 0 Å². The zero-order valence-corrected chi connectivity index (χ0v) is 9.78. The minimum atomic E-state index is -0.738. The molecule has 0 aliphatic heterocycles. The number of esters is 1. The van der Waals surface area contributed by atoms with Crippen molar-refractivity contribution in [1.82, 2.24) is 0 Å². The minimum absolute atomic E-state index is 0.169. The van der Waals surface area contributed by atoms with Crippen molar-refractivity contribution in [2.45, 2.75) is 26.3 Å². The van der Waals surface area contributed by atoms with Gasteiger partial charge in [0.05, 0.1) is 7.11 Å². The Bertz CT molecular complexity index is 401. The predicted molar refractivity (Wildman–Crippen MR) is 61.3 cm³/mol. The Kier molecular flexibility index (Phi) is 3.90. The molecule has 0 fully saturated rings. The normalized spacial score (nSPS) is 12.2. The summed E-state index contributed by atoms with van der Waals surface area (Å²) < 4.78 is 4.53. The monoisotopic (exact) mass is 223 g/mol. The number of methoxy groups -OCH3 is 1. The molecule has 3 N–H and O–H groups in total. The fourth-order valence-corrected chi connectivity index (χ4v) is 1.50. The summed E-state index contributed by atoms with van der Waals surface area (Å²) in [4.78, 5) is 11.2. The average Bonchev–Trinajstić information content (AvgIpc) is 2.24. The fraction of sp³-hybridized carbons (Fsp3) is 0.417. The number of aromatic hydroxyl groups is 1. The van der Waals surface area contributed by atoms with Gasteiger partial charge >= 0.3 is 5.97 Å². The maximum Gasteiger partial charge on any atom is 0.322 e. The standard InChI is InChI=1S/C12H17NO3/c1-7-4-9(11(14)5-8(7)2)6-10(13)12(15)16-3/h4-5,10,14H,6,13H2,1-3H3. The van der Waals surface area contributed by atoms with Gasteiger partial charge < -0.3 is 15.6 Å². The summed E-state index contributed by atoms with van der Waals surface area (Å²) in [6.07, 6.45) is 0.277. The molecule has 1 aromatic rings. The molecule has 1 atom stereocenters. The van der Waals surface area contributed by atoms with E-state index in [-0.39, 0.29) is 12.2 Å². The molecule has 0 saturated carbocycles. The third-order valence-corrected chi connectivity index (χ3v) is 2.64. The summed E-state index contributed by atoms with van der Waals surface area (Å²) in [6, 6.07) is 2.78. The van der Waals surface area contributed by atoms with E-state index in [1.54, 1.807) is 6.07 Å². The summed E-state index contributed by atoms with van der Waals surface area (Å²) in [5.41, 5.74) is 8.37. The van der Waals surface area contributed by atoms with Gasteiger partial charge in [0.15, 0.2) is 0 Å². The van der Waals surface area contributed by atoms with E-state index in [1.807, 2.05) is 19.9 Å². The number of hydrogen-bond acceptors (Lipinski definition) is 4. The molecular weight excluding hydrogens is 206 g/mol. The number of rotatable bonds is 3. The Balaban J connectivity index is 2.89. The van der Waals surface area contributed by atoms with Crippen molar-refractivity contribution in [3.63, 3.8) is 0 Å². The lowest BCUT2D eigenvalue weighted by Gasteiger charge is -2.12. The molecule has 1 rings (SSSR count). The van der Waals surface area contributed by atoms with Gasteiger partial charge in [-0.25, -0.2) is 0 Å². The Morgan fingerprint density at radius 1 is 1.44 bits per heavy atom. The molecule has 4 nitrogen and oxygen atoms in total. The van der Waals surface area contributed by atoms with Gasteiger partial charge in [-0.2, -0.15) is 0 Å². The quantitative estimate of drug-likeness (QED) is 0.751. The van der Waals surface area contributed by atoms with E-state index in [9.17, 15) is 9.90 Å². The van der Waals surface area contributed by atoms with Crippen molar-refractivity contribution in [2.75, 3.05) is 7.11 Å². The van der Waals surface area contributed by atoms with E-state index >= 15 is 0 Å². The van der Waals surface area contributed by atoms with Gasteiger partial charge in [-0.3, -0.25) is 4.79 Å². The van der Waals surface area contributed by atoms with Gasteiger partial charge in [-0.15, -0.1) is 0 Å². The second-order valence-electron chi connectivity index (χ2n) is 3.90. The lowest BCUT2D eigenvalue weighted by molar-refractivity contribution is -0.142. The lowest BCUT2D eigenvalue weighted by Crippen LogP contribution is -2.33. The van der Waals surface area contributed by atoms with Gasteiger partial charge in [0.25, 0.3) is 0 Å². The first-order valence-electron chi connectivity index (χ1n) is 5.08. The summed E-state index contributed by atoms with van der Waals surface area (Å²) >= 11 is 0. The van der Waals surface area contributed by atoms with E-state index in [2.05, 4.69) is 4.74 Å². The SMILES string of the molecule is COC(=O)C(N)Cc1cc(C)c(C)cc1O. The fourth-order valence-electron chi connectivity index (χ4n) is 1.50. The van der Waals surface area contributed by atoms with Gasteiger partial charge in [-0.05, 0) is 36.6 Å². The molecule has 0 amide bonds. The molecule has 0 radical (unpaired) electrons. The Hall–Kier alpha value is -1.55. The highest BCUT2D eigenvalue weighted by Crippen LogP contribution is 2.22. The number of ether oxygens (including phenoxy) is 1. The number of benzene rings is 1. The molecule has 0 aromatic heterocycles. The number of carbonyl (C=O) groups is 1. The van der Waals surface area contributed by atoms with Gasteiger partial charge in [-0.1, -0.05) is 6.07 Å². The highest BCUT2D eigenvalue weighted by Gasteiger charge is 2.16. The van der Waals surface area contributed by atoms with E-state index in [0.717, 1.165) is 11.1 Å². The van der Waals surface area contributed by atoms with Crippen LogP contribution in [0.5, 0.6) is 5.75 Å². The minimum Gasteiger partial charge on any atom is -0.508 e. The topological polar surface area (TPSA) is 72.5 Å². The molecule has 4 heteroatoms. The molecule has 1 aromatic carbocycles. The van der Waals surface area contributed by atoms with Crippen LogP contribution in [-0.2, 0) is 16.0 Å². The van der Waals surface area contributed by atoms with E-state index < -0.39 is 12.0 Å². The summed E-state index contributed by atoms with van der Waals surface area (Å²) in [5, 5.41) is 9.71. The number of hydrogen-bond donors (Lipinski definition) is 2. The zero-order chi connectivity index (χ0) is 12.3. The van der Waals surface area contributed by atoms with Crippen LogP contribution in [0.4, 0.5) is 0 Å². The van der Waals surface area contributed by atoms with Crippen LogP contribution in [0.25, 0.3) is 0 Å². The Morgan fingerprint density at radius 3 is 2.56 bits per heavy atom. The molecule has 0 heterocycles. The van der Waals surface area contributed by atoms with E-state index in [0.29, 0.717) is 5.56 Å². The largest absolute Gasteiger partial charge is 0.508 e. The Morgan fingerprint density at radius 2 is 2.00 bits per heavy atom. The van der Waals surface area contributed by atoms with Gasteiger partial charge in [0.1, 0.15) is 11.8 Å². The molecule has 0 aliphatic rings. The summed E-state index contributed by atoms with van der Waals surface area (Å²) in [7, 11) is 1.29. The first-order valence-corrected chi connectivity index (χ1v) is 5.08. The maximum absolute atomic E-state index is 11.2. The number of nitrogens with two attached hydrogens (primary N) is 1. The van der Waals surface area contributed by atoms with Crippen molar-refractivity contribution < 1.29 is 14.6 Å². The molecular formula is C12H17NO3. The molecule has 0 saturated heterocycles. The molecule has 0 spiro atoms. The van der Waals surface area contributed by atoms with Crippen molar-refractivity contribution in [3.8, 4) is 5.75 Å². The molecule has 1 unspecified atom stereocenters. The third kappa shape index (κ3) is 2.73. The second-order valence-corrected chi connectivity index (χ2v) is 3.90. The Labute approximate surface area is 95.0 Å². The van der Waals surface area contributed by atoms with E-state index in [4.69, 9.17) is 5.73 Å². The van der Waals surface area contributed by atoms with Gasteiger partial charge in [0.2, 0.25) is 0 Å². The van der Waals surface area contributed by atoms with Crippen molar-refractivity contribution in [1.29, 1.82) is 0 Å².